The minimum absolute atomic E-state index is 0.181. The van der Waals surface area contributed by atoms with E-state index in [1.807, 2.05) is 6.07 Å². The average Bonchev–Trinajstić information content (AvgIpc) is 2.43. The second kappa shape index (κ2) is 4.99. The summed E-state index contributed by atoms with van der Waals surface area (Å²) in [6.45, 7) is 2.06. The molecular formula is C17H18ClN. The molecule has 1 aliphatic rings. The predicted octanol–water partition coefficient (Wildman–Crippen LogP) is 4.57. The first-order valence-corrected chi connectivity index (χ1v) is 7.15. The zero-order valence-electron chi connectivity index (χ0n) is 11.1. The van der Waals surface area contributed by atoms with E-state index < -0.39 is 0 Å². The zero-order chi connectivity index (χ0) is 13.4. The van der Waals surface area contributed by atoms with Crippen LogP contribution in [0.15, 0.2) is 42.5 Å². The molecule has 1 aliphatic carbocycles. The van der Waals surface area contributed by atoms with Crippen LogP contribution in [0.3, 0.4) is 0 Å². The van der Waals surface area contributed by atoms with Crippen LogP contribution in [0.4, 0.5) is 0 Å². The van der Waals surface area contributed by atoms with E-state index in [1.165, 1.54) is 16.7 Å². The molecule has 98 valence electrons. The van der Waals surface area contributed by atoms with E-state index in [2.05, 4.69) is 43.3 Å². The molecule has 2 heteroatoms. The number of rotatable bonds is 1. The highest BCUT2D eigenvalue weighted by Gasteiger charge is 2.25. The summed E-state index contributed by atoms with van der Waals surface area (Å²) in [6.07, 6.45) is 2.16. The molecule has 19 heavy (non-hydrogen) atoms. The van der Waals surface area contributed by atoms with Crippen molar-refractivity contribution in [3.05, 3.63) is 69.7 Å². The molecule has 2 aromatic rings. The Morgan fingerprint density at radius 1 is 1.05 bits per heavy atom. The first kappa shape index (κ1) is 12.7. The van der Waals surface area contributed by atoms with Gasteiger partial charge in [0.05, 0.1) is 0 Å². The average molecular weight is 272 g/mol. The van der Waals surface area contributed by atoms with Gasteiger partial charge in [-0.15, -0.1) is 0 Å². The quantitative estimate of drug-likeness (QED) is 0.808. The number of hydrogen-bond acceptors (Lipinski definition) is 1. The molecule has 0 amide bonds. The number of halogens is 1. The highest BCUT2D eigenvalue weighted by atomic mass is 35.5. The minimum atomic E-state index is 0.181. The molecule has 0 aromatic heterocycles. The maximum absolute atomic E-state index is 6.22. The fourth-order valence-electron chi connectivity index (χ4n) is 3.05. The van der Waals surface area contributed by atoms with Crippen LogP contribution in [0.25, 0.3) is 0 Å². The maximum Gasteiger partial charge on any atom is 0.0435 e. The Morgan fingerprint density at radius 3 is 2.53 bits per heavy atom. The van der Waals surface area contributed by atoms with Gasteiger partial charge in [-0.25, -0.2) is 0 Å². The number of hydrogen-bond donors (Lipinski definition) is 1. The summed E-state index contributed by atoms with van der Waals surface area (Å²) in [5.74, 6) is 0.451. The summed E-state index contributed by atoms with van der Waals surface area (Å²) in [6, 6.07) is 15.1. The van der Waals surface area contributed by atoms with Gasteiger partial charge in [0.25, 0.3) is 0 Å². The van der Waals surface area contributed by atoms with Crippen molar-refractivity contribution in [3.8, 4) is 0 Å². The Balaban J connectivity index is 2.07. The SMILES string of the molecule is Cc1cc([C@H]2CC[C@H](N)c3ccccc32)ccc1Cl. The molecular weight excluding hydrogens is 254 g/mol. The van der Waals surface area contributed by atoms with E-state index in [-0.39, 0.29) is 6.04 Å². The summed E-state index contributed by atoms with van der Waals surface area (Å²) < 4.78 is 0. The van der Waals surface area contributed by atoms with Crippen LogP contribution >= 0.6 is 11.6 Å². The molecule has 0 heterocycles. The van der Waals surface area contributed by atoms with E-state index in [0.29, 0.717) is 5.92 Å². The van der Waals surface area contributed by atoms with Crippen molar-refractivity contribution in [3.63, 3.8) is 0 Å². The minimum Gasteiger partial charge on any atom is -0.324 e. The van der Waals surface area contributed by atoms with E-state index in [1.54, 1.807) is 0 Å². The number of aryl methyl sites for hydroxylation is 1. The lowest BCUT2D eigenvalue weighted by Crippen LogP contribution is -2.21. The third-order valence-corrected chi connectivity index (χ3v) is 4.55. The first-order chi connectivity index (χ1) is 9.16. The smallest absolute Gasteiger partial charge is 0.0435 e. The molecule has 0 saturated carbocycles. The van der Waals surface area contributed by atoms with Crippen molar-refractivity contribution >= 4 is 11.6 Å². The van der Waals surface area contributed by atoms with Crippen LogP contribution in [-0.2, 0) is 0 Å². The molecule has 0 aliphatic heterocycles. The summed E-state index contributed by atoms with van der Waals surface area (Å²) in [5.41, 5.74) is 11.4. The molecule has 2 atom stereocenters. The highest BCUT2D eigenvalue weighted by Crippen LogP contribution is 2.40. The molecule has 0 fully saturated rings. The molecule has 1 nitrogen and oxygen atoms in total. The van der Waals surface area contributed by atoms with Crippen molar-refractivity contribution in [2.24, 2.45) is 5.73 Å². The van der Waals surface area contributed by atoms with Crippen LogP contribution in [0.1, 0.15) is 47.1 Å². The maximum atomic E-state index is 6.22. The lowest BCUT2D eigenvalue weighted by atomic mass is 9.77. The first-order valence-electron chi connectivity index (χ1n) is 6.77. The fourth-order valence-corrected chi connectivity index (χ4v) is 3.17. The molecule has 2 N–H and O–H groups in total. The van der Waals surface area contributed by atoms with Crippen LogP contribution in [0.2, 0.25) is 5.02 Å². The van der Waals surface area contributed by atoms with Gasteiger partial charge >= 0.3 is 0 Å². The van der Waals surface area contributed by atoms with Crippen molar-refractivity contribution in [1.29, 1.82) is 0 Å². The Kier molecular flexibility index (Phi) is 3.34. The topological polar surface area (TPSA) is 26.0 Å². The van der Waals surface area contributed by atoms with Gasteiger partial charge in [0.2, 0.25) is 0 Å². The number of fused-ring (bicyclic) bond motifs is 1. The predicted molar refractivity (Wildman–Crippen MR) is 80.6 cm³/mol. The summed E-state index contributed by atoms with van der Waals surface area (Å²) in [5, 5.41) is 0.838. The van der Waals surface area contributed by atoms with Crippen LogP contribution in [-0.4, -0.2) is 0 Å². The van der Waals surface area contributed by atoms with E-state index in [0.717, 1.165) is 23.4 Å². The second-order valence-electron chi connectivity index (χ2n) is 5.37. The van der Waals surface area contributed by atoms with Gasteiger partial charge in [0.15, 0.2) is 0 Å². The van der Waals surface area contributed by atoms with Crippen LogP contribution in [0.5, 0.6) is 0 Å². The summed E-state index contributed by atoms with van der Waals surface area (Å²) in [4.78, 5) is 0. The van der Waals surface area contributed by atoms with Gasteiger partial charge in [-0.3, -0.25) is 0 Å². The standard InChI is InChI=1S/C17H18ClN/c1-11-10-12(6-8-16(11)18)13-7-9-17(19)15-5-3-2-4-14(13)15/h2-6,8,10,13,17H,7,9,19H2,1H3/t13-,17+/m1/s1. The van der Waals surface area contributed by atoms with Crippen molar-refractivity contribution in [2.45, 2.75) is 31.7 Å². The van der Waals surface area contributed by atoms with E-state index in [4.69, 9.17) is 17.3 Å². The van der Waals surface area contributed by atoms with E-state index >= 15 is 0 Å². The lowest BCUT2D eigenvalue weighted by molar-refractivity contribution is 0.530. The number of benzene rings is 2. The lowest BCUT2D eigenvalue weighted by Gasteiger charge is -2.30. The van der Waals surface area contributed by atoms with Gasteiger partial charge in [-0.2, -0.15) is 0 Å². The van der Waals surface area contributed by atoms with Crippen LogP contribution < -0.4 is 5.73 Å². The molecule has 0 spiro atoms. The Bertz CT molecular complexity index is 606. The van der Waals surface area contributed by atoms with Gasteiger partial charge in [-0.1, -0.05) is 48.0 Å². The monoisotopic (exact) mass is 271 g/mol. The van der Waals surface area contributed by atoms with Gasteiger partial charge < -0.3 is 5.73 Å². The molecule has 3 rings (SSSR count). The fraction of sp³-hybridized carbons (Fsp3) is 0.294. The largest absolute Gasteiger partial charge is 0.324 e. The summed E-state index contributed by atoms with van der Waals surface area (Å²) >= 11 is 6.12. The van der Waals surface area contributed by atoms with Crippen molar-refractivity contribution in [1.82, 2.24) is 0 Å². The normalized spacial score (nSPS) is 22.1. The molecule has 0 unspecified atom stereocenters. The Hall–Kier alpha value is -1.31. The third-order valence-electron chi connectivity index (χ3n) is 4.12. The molecule has 0 bridgehead atoms. The van der Waals surface area contributed by atoms with Crippen LogP contribution in [0, 0.1) is 6.92 Å². The number of nitrogens with two attached hydrogens (primary N) is 1. The molecule has 0 radical (unpaired) electrons. The van der Waals surface area contributed by atoms with E-state index in [9.17, 15) is 0 Å². The van der Waals surface area contributed by atoms with Gasteiger partial charge in [0, 0.05) is 17.0 Å². The Labute approximate surface area is 119 Å². The Morgan fingerprint density at radius 2 is 1.79 bits per heavy atom. The van der Waals surface area contributed by atoms with Gasteiger partial charge in [-0.05, 0) is 48.1 Å². The second-order valence-corrected chi connectivity index (χ2v) is 5.78. The van der Waals surface area contributed by atoms with Crippen molar-refractivity contribution < 1.29 is 0 Å². The summed E-state index contributed by atoms with van der Waals surface area (Å²) in [7, 11) is 0. The third kappa shape index (κ3) is 2.29. The molecule has 0 saturated heterocycles. The highest BCUT2D eigenvalue weighted by molar-refractivity contribution is 6.31. The van der Waals surface area contributed by atoms with Gasteiger partial charge in [0.1, 0.15) is 0 Å². The molecule has 2 aromatic carbocycles. The zero-order valence-corrected chi connectivity index (χ0v) is 11.8. The van der Waals surface area contributed by atoms with Crippen molar-refractivity contribution in [2.75, 3.05) is 0 Å².